The lowest BCUT2D eigenvalue weighted by molar-refractivity contribution is -0.124. The molecule has 72 heavy (non-hydrogen) atoms. The predicted molar refractivity (Wildman–Crippen MR) is 264 cm³/mol. The predicted octanol–water partition coefficient (Wildman–Crippen LogP) is 0.763. The molecule has 4 amide bonds. The number of amides is 4. The van der Waals surface area contributed by atoms with Crippen LogP contribution in [0.4, 0.5) is 0 Å². The summed E-state index contributed by atoms with van der Waals surface area (Å²) in [6.07, 6.45) is 0.548. The maximum absolute atomic E-state index is 13.2. The second-order valence-corrected chi connectivity index (χ2v) is 15.3. The van der Waals surface area contributed by atoms with E-state index in [1.165, 1.54) is 6.07 Å². The molecule has 3 rings (SSSR count). The fourth-order valence-corrected chi connectivity index (χ4v) is 5.90. The van der Waals surface area contributed by atoms with E-state index in [2.05, 4.69) is 21.3 Å². The molecule has 0 saturated carbocycles. The number of hydrogen-bond acceptors (Lipinski definition) is 18. The monoisotopic (exact) mass is 1010 g/mol. The van der Waals surface area contributed by atoms with Gasteiger partial charge in [-0.25, -0.2) is 4.79 Å². The van der Waals surface area contributed by atoms with Gasteiger partial charge in [-0.1, -0.05) is 42.5 Å². The zero-order chi connectivity index (χ0) is 51.5. The van der Waals surface area contributed by atoms with Gasteiger partial charge >= 0.3 is 5.97 Å². The van der Waals surface area contributed by atoms with Gasteiger partial charge in [-0.2, -0.15) is 0 Å². The lowest BCUT2D eigenvalue weighted by atomic mass is 10.0. The molecule has 0 saturated heterocycles. The molecule has 400 valence electrons. The van der Waals surface area contributed by atoms with Crippen molar-refractivity contribution in [1.82, 2.24) is 21.3 Å². The molecule has 0 heterocycles. The van der Waals surface area contributed by atoms with E-state index < -0.39 is 5.97 Å². The summed E-state index contributed by atoms with van der Waals surface area (Å²) in [4.78, 5) is 61.3. The van der Waals surface area contributed by atoms with E-state index in [0.29, 0.717) is 149 Å². The van der Waals surface area contributed by atoms with Crippen LogP contribution in [0.2, 0.25) is 0 Å². The molecule has 0 aliphatic carbocycles. The van der Waals surface area contributed by atoms with Crippen LogP contribution in [0.3, 0.4) is 0 Å². The van der Waals surface area contributed by atoms with E-state index in [1.807, 2.05) is 30.3 Å². The summed E-state index contributed by atoms with van der Waals surface area (Å²) in [6, 6.07) is 21.2. The minimum Gasteiger partial charge on any atom is -0.484 e. The van der Waals surface area contributed by atoms with Gasteiger partial charge in [-0.15, -0.1) is 0 Å². The van der Waals surface area contributed by atoms with Crippen molar-refractivity contribution < 1.29 is 76.1 Å². The molecule has 22 nitrogen and oxygen atoms in total. The van der Waals surface area contributed by atoms with E-state index in [4.69, 9.17) is 63.6 Å². The van der Waals surface area contributed by atoms with Crippen LogP contribution in [0.1, 0.15) is 28.8 Å². The van der Waals surface area contributed by atoms with Crippen LogP contribution in [0.25, 0.3) is 11.1 Å². The Labute approximate surface area is 421 Å². The number of ether oxygens (including phenoxy) is 11. The van der Waals surface area contributed by atoms with Gasteiger partial charge in [-0.3, -0.25) is 19.2 Å². The topological polar surface area (TPSA) is 287 Å². The fraction of sp³-hybridized carbons (Fsp3) is 0.540. The highest BCUT2D eigenvalue weighted by molar-refractivity contribution is 5.92. The first-order chi connectivity index (χ1) is 35.3. The lowest BCUT2D eigenvalue weighted by Crippen LogP contribution is -2.32. The van der Waals surface area contributed by atoms with Gasteiger partial charge in [0.05, 0.1) is 111 Å². The van der Waals surface area contributed by atoms with Crippen LogP contribution in [-0.4, -0.2) is 188 Å². The van der Waals surface area contributed by atoms with E-state index in [-0.39, 0.29) is 80.8 Å². The first kappa shape index (κ1) is 60.5. The molecule has 0 bridgehead atoms. The maximum Gasteiger partial charge on any atom is 0.338 e. The molecule has 0 aliphatic heterocycles. The van der Waals surface area contributed by atoms with Crippen LogP contribution in [0.5, 0.6) is 11.5 Å². The van der Waals surface area contributed by atoms with Crippen LogP contribution >= 0.6 is 0 Å². The number of nitrogens with two attached hydrogens (primary N) is 2. The fourth-order valence-electron chi connectivity index (χ4n) is 5.90. The molecular weight excluding hydrogens is 941 g/mol. The highest BCUT2D eigenvalue weighted by atomic mass is 16.6. The third-order valence-corrected chi connectivity index (χ3v) is 9.53. The highest BCUT2D eigenvalue weighted by Crippen LogP contribution is 2.28. The minimum absolute atomic E-state index is 0.0704. The van der Waals surface area contributed by atoms with Gasteiger partial charge in [-0.05, 0) is 47.0 Å². The van der Waals surface area contributed by atoms with E-state index in [1.54, 1.807) is 36.4 Å². The summed E-state index contributed by atoms with van der Waals surface area (Å²) >= 11 is 0. The third-order valence-electron chi connectivity index (χ3n) is 9.53. The Kier molecular flexibility index (Phi) is 34.3. The van der Waals surface area contributed by atoms with Crippen LogP contribution in [0, 0.1) is 0 Å². The molecule has 22 heteroatoms. The number of hydrogen-bond donors (Lipinski definition) is 6. The van der Waals surface area contributed by atoms with Crippen LogP contribution < -0.4 is 42.2 Å². The molecule has 0 atom stereocenters. The third kappa shape index (κ3) is 30.8. The zero-order valence-corrected chi connectivity index (χ0v) is 41.2. The smallest absolute Gasteiger partial charge is 0.338 e. The number of benzene rings is 3. The molecular formula is C50H74N6O16. The maximum atomic E-state index is 13.2. The summed E-state index contributed by atoms with van der Waals surface area (Å²) in [7, 11) is 0. The van der Waals surface area contributed by atoms with E-state index in [9.17, 15) is 24.0 Å². The SMILES string of the molecule is NCCNC(=O)CCOCCOCCOCCOCCNC(=O)COc1ccc(-c2cc(OCC(=O)NCCOCCOCCOCCOCCC(=O)NCCN)cc(C(=O)OCc3ccccc3)c2)cc1. The highest BCUT2D eigenvalue weighted by Gasteiger charge is 2.15. The average molecular weight is 1020 g/mol. The van der Waals surface area contributed by atoms with Crippen molar-refractivity contribution in [3.05, 3.63) is 83.9 Å². The summed E-state index contributed by atoms with van der Waals surface area (Å²) < 4.78 is 60.7. The Morgan fingerprint density at radius 1 is 0.403 bits per heavy atom. The molecule has 8 N–H and O–H groups in total. The molecule has 0 aliphatic rings. The first-order valence-corrected chi connectivity index (χ1v) is 24.1. The van der Waals surface area contributed by atoms with Crippen LogP contribution in [0.15, 0.2) is 72.8 Å². The Morgan fingerprint density at radius 3 is 1.28 bits per heavy atom. The Balaban J connectivity index is 1.30. The largest absolute Gasteiger partial charge is 0.484 e. The van der Waals surface area contributed by atoms with Crippen molar-refractivity contribution in [2.75, 3.05) is 158 Å². The first-order valence-electron chi connectivity index (χ1n) is 24.1. The summed E-state index contributed by atoms with van der Waals surface area (Å²) in [5, 5.41) is 10.8. The zero-order valence-electron chi connectivity index (χ0n) is 41.2. The van der Waals surface area contributed by atoms with Crippen molar-refractivity contribution >= 4 is 29.6 Å². The normalized spacial score (nSPS) is 10.9. The molecule has 3 aromatic rings. The van der Waals surface area contributed by atoms with Gasteiger partial charge in [0.1, 0.15) is 18.1 Å². The Bertz CT molecular complexity index is 1930. The van der Waals surface area contributed by atoms with Crippen molar-refractivity contribution in [1.29, 1.82) is 0 Å². The molecule has 0 radical (unpaired) electrons. The van der Waals surface area contributed by atoms with Gasteiger partial charge in [0.25, 0.3) is 11.8 Å². The second-order valence-electron chi connectivity index (χ2n) is 15.3. The number of esters is 1. The minimum atomic E-state index is -0.573. The van der Waals surface area contributed by atoms with E-state index >= 15 is 0 Å². The van der Waals surface area contributed by atoms with Gasteiger partial charge in [0.2, 0.25) is 11.8 Å². The van der Waals surface area contributed by atoms with E-state index in [0.717, 1.165) is 5.56 Å². The van der Waals surface area contributed by atoms with Gasteiger partial charge < -0.3 is 84.8 Å². The molecule has 0 fully saturated rings. The number of carbonyl (C=O) groups is 5. The Hall–Kier alpha value is -5.79. The number of rotatable bonds is 44. The standard InChI is InChI=1S/C50H74N6O16/c51-12-14-53-46(57)10-18-62-22-26-66-30-32-68-28-24-64-20-16-55-48(59)38-70-44-8-6-41(7-9-44)42-34-43(50(61)72-37-40-4-2-1-3-5-40)36-45(35-42)71-39-49(60)56-17-21-65-25-29-69-33-31-67-27-23-63-19-11-47(58)54-15-13-52/h1-9,34-36H,10-33,37-39,51-52H2,(H,53,57)(H,54,58)(H,55,59)(H,56,60). The van der Waals surface area contributed by atoms with Crippen LogP contribution in [-0.2, 0) is 68.4 Å². The Morgan fingerprint density at radius 2 is 0.819 bits per heavy atom. The van der Waals surface area contributed by atoms with Crippen molar-refractivity contribution in [2.24, 2.45) is 11.5 Å². The summed E-state index contributed by atoms with van der Waals surface area (Å²) in [5.41, 5.74) is 13.1. The molecule has 3 aromatic carbocycles. The number of nitrogens with one attached hydrogen (secondary N) is 4. The van der Waals surface area contributed by atoms with Crippen molar-refractivity contribution in [2.45, 2.75) is 19.4 Å². The molecule has 0 unspecified atom stereocenters. The van der Waals surface area contributed by atoms with Gasteiger partial charge in [0.15, 0.2) is 13.2 Å². The van der Waals surface area contributed by atoms with Crippen molar-refractivity contribution in [3.8, 4) is 22.6 Å². The van der Waals surface area contributed by atoms with Gasteiger partial charge in [0, 0.05) is 52.1 Å². The van der Waals surface area contributed by atoms with Crippen molar-refractivity contribution in [3.63, 3.8) is 0 Å². The number of carbonyl (C=O) groups excluding carboxylic acids is 5. The molecule has 0 aromatic heterocycles. The second kappa shape index (κ2) is 40.8. The molecule has 0 spiro atoms. The summed E-state index contributed by atoms with van der Waals surface area (Å²) in [6.45, 7) is 7.44. The average Bonchev–Trinajstić information content (AvgIpc) is 3.40. The summed E-state index contributed by atoms with van der Waals surface area (Å²) in [5.74, 6) is -0.747. The quantitative estimate of drug-likeness (QED) is 0.0337. The lowest BCUT2D eigenvalue weighted by Gasteiger charge is -2.13.